The second-order valence-electron chi connectivity index (χ2n) is 4.08. The van der Waals surface area contributed by atoms with Gasteiger partial charge >= 0.3 is 0 Å². The van der Waals surface area contributed by atoms with Gasteiger partial charge in [0.2, 0.25) is 0 Å². The van der Waals surface area contributed by atoms with Crippen LogP contribution >= 0.6 is 12.2 Å². The number of rotatable bonds is 1. The first-order valence-corrected chi connectivity index (χ1v) is 5.59. The predicted octanol–water partition coefficient (Wildman–Crippen LogP) is 2.79. The Labute approximate surface area is 100 Å². The van der Waals surface area contributed by atoms with Gasteiger partial charge in [0.1, 0.15) is 4.99 Å². The molecule has 0 amide bonds. The van der Waals surface area contributed by atoms with E-state index < -0.39 is 0 Å². The highest BCUT2D eigenvalue weighted by Crippen LogP contribution is 2.23. The molecule has 0 spiro atoms. The number of hydrogen-bond acceptors (Lipinski definition) is 2. The first kappa shape index (κ1) is 11.0. The SMILES string of the molecule is Cc1cc(C(N)=S)c2ccc(C)c(C)c2n1. The normalized spacial score (nSPS) is 10.7. The molecule has 2 N–H and O–H groups in total. The quantitative estimate of drug-likeness (QED) is 0.766. The summed E-state index contributed by atoms with van der Waals surface area (Å²) in [5, 5.41) is 1.04. The fourth-order valence-electron chi connectivity index (χ4n) is 1.86. The maximum Gasteiger partial charge on any atom is 0.104 e. The van der Waals surface area contributed by atoms with Gasteiger partial charge in [0.05, 0.1) is 5.52 Å². The summed E-state index contributed by atoms with van der Waals surface area (Å²) >= 11 is 5.08. The number of thiocarbonyl (C=S) groups is 1. The lowest BCUT2D eigenvalue weighted by Gasteiger charge is -2.10. The summed E-state index contributed by atoms with van der Waals surface area (Å²) in [4.78, 5) is 4.99. The molecule has 0 aliphatic carbocycles. The van der Waals surface area contributed by atoms with Crippen LogP contribution in [0.2, 0.25) is 0 Å². The Kier molecular flexibility index (Phi) is 2.64. The highest BCUT2D eigenvalue weighted by Gasteiger charge is 2.09. The van der Waals surface area contributed by atoms with E-state index in [1.807, 2.05) is 19.1 Å². The molecule has 2 aromatic rings. The molecule has 0 saturated heterocycles. The summed E-state index contributed by atoms with van der Waals surface area (Å²) in [7, 11) is 0. The van der Waals surface area contributed by atoms with Crippen LogP contribution in [0.5, 0.6) is 0 Å². The van der Waals surface area contributed by atoms with E-state index in [1.54, 1.807) is 0 Å². The third-order valence-corrected chi connectivity index (χ3v) is 3.12. The van der Waals surface area contributed by atoms with Gasteiger partial charge in [-0.15, -0.1) is 0 Å². The maximum absolute atomic E-state index is 5.74. The van der Waals surface area contributed by atoms with Crippen molar-refractivity contribution in [2.45, 2.75) is 20.8 Å². The Morgan fingerprint density at radius 1 is 1.25 bits per heavy atom. The minimum Gasteiger partial charge on any atom is -0.389 e. The van der Waals surface area contributed by atoms with Gasteiger partial charge in [-0.2, -0.15) is 0 Å². The molecule has 0 fully saturated rings. The Bertz CT molecular complexity index is 588. The molecule has 1 aromatic heterocycles. The van der Waals surface area contributed by atoms with Gasteiger partial charge in [-0.3, -0.25) is 4.98 Å². The lowest BCUT2D eigenvalue weighted by Crippen LogP contribution is -2.11. The minimum absolute atomic E-state index is 0.429. The number of pyridine rings is 1. The summed E-state index contributed by atoms with van der Waals surface area (Å²) in [6.07, 6.45) is 0. The van der Waals surface area contributed by atoms with Crippen LogP contribution in [0.3, 0.4) is 0 Å². The molecular formula is C13H14N2S. The van der Waals surface area contributed by atoms with Crippen LogP contribution in [0, 0.1) is 20.8 Å². The second kappa shape index (κ2) is 3.83. The van der Waals surface area contributed by atoms with Crippen molar-refractivity contribution in [1.82, 2.24) is 4.98 Å². The molecule has 0 aliphatic rings. The van der Waals surface area contributed by atoms with Crippen molar-refractivity contribution in [2.24, 2.45) is 5.73 Å². The molecule has 0 radical (unpaired) electrons. The molecule has 82 valence electrons. The third-order valence-electron chi connectivity index (χ3n) is 2.90. The summed E-state index contributed by atoms with van der Waals surface area (Å²) in [6.45, 7) is 6.12. The molecule has 1 aromatic carbocycles. The molecule has 0 atom stereocenters. The Hall–Kier alpha value is -1.48. The highest BCUT2D eigenvalue weighted by molar-refractivity contribution is 7.80. The fourth-order valence-corrected chi connectivity index (χ4v) is 2.03. The van der Waals surface area contributed by atoms with Gasteiger partial charge in [-0.1, -0.05) is 24.4 Å². The van der Waals surface area contributed by atoms with E-state index in [0.29, 0.717) is 4.99 Å². The molecule has 1 heterocycles. The molecule has 0 aliphatic heterocycles. The topological polar surface area (TPSA) is 38.9 Å². The second-order valence-corrected chi connectivity index (χ2v) is 4.52. The highest BCUT2D eigenvalue weighted by atomic mass is 32.1. The van der Waals surface area contributed by atoms with Gasteiger partial charge in [0.25, 0.3) is 0 Å². The van der Waals surface area contributed by atoms with Crippen LogP contribution in [-0.4, -0.2) is 9.97 Å². The molecule has 16 heavy (non-hydrogen) atoms. The molecule has 0 saturated carbocycles. The van der Waals surface area contributed by atoms with Crippen LogP contribution in [0.4, 0.5) is 0 Å². The van der Waals surface area contributed by atoms with E-state index in [4.69, 9.17) is 18.0 Å². The number of fused-ring (bicyclic) bond motifs is 1. The van der Waals surface area contributed by atoms with E-state index in [0.717, 1.165) is 22.2 Å². The summed E-state index contributed by atoms with van der Waals surface area (Å²) < 4.78 is 0. The zero-order valence-corrected chi connectivity index (χ0v) is 10.5. The molecule has 2 nitrogen and oxygen atoms in total. The maximum atomic E-state index is 5.74. The van der Waals surface area contributed by atoms with E-state index in [-0.39, 0.29) is 0 Å². The lowest BCUT2D eigenvalue weighted by molar-refractivity contribution is 1.22. The fraction of sp³-hybridized carbons (Fsp3) is 0.231. The van der Waals surface area contributed by atoms with Crippen molar-refractivity contribution < 1.29 is 0 Å². The van der Waals surface area contributed by atoms with Crippen molar-refractivity contribution in [1.29, 1.82) is 0 Å². The number of hydrogen-bond donors (Lipinski definition) is 1. The zero-order chi connectivity index (χ0) is 11.9. The number of nitrogens with two attached hydrogens (primary N) is 1. The molecule has 2 rings (SSSR count). The zero-order valence-electron chi connectivity index (χ0n) is 9.66. The smallest absolute Gasteiger partial charge is 0.104 e. The van der Waals surface area contributed by atoms with E-state index in [2.05, 4.69) is 24.9 Å². The van der Waals surface area contributed by atoms with Crippen LogP contribution < -0.4 is 5.73 Å². The Balaban J connectivity index is 2.94. The van der Waals surface area contributed by atoms with Crippen molar-refractivity contribution in [3.8, 4) is 0 Å². The minimum atomic E-state index is 0.429. The van der Waals surface area contributed by atoms with Gasteiger partial charge < -0.3 is 5.73 Å². The molecule has 3 heteroatoms. The Morgan fingerprint density at radius 3 is 2.56 bits per heavy atom. The van der Waals surface area contributed by atoms with Gasteiger partial charge in [-0.05, 0) is 38.0 Å². The number of aryl methyl sites for hydroxylation is 3. The van der Waals surface area contributed by atoms with Crippen molar-refractivity contribution in [2.75, 3.05) is 0 Å². The lowest BCUT2D eigenvalue weighted by atomic mass is 10.0. The van der Waals surface area contributed by atoms with Crippen LogP contribution in [0.1, 0.15) is 22.4 Å². The summed E-state index contributed by atoms with van der Waals surface area (Å²) in [5.41, 5.74) is 11.0. The van der Waals surface area contributed by atoms with Gasteiger partial charge in [-0.25, -0.2) is 0 Å². The van der Waals surface area contributed by atoms with Gasteiger partial charge in [0, 0.05) is 16.6 Å². The third kappa shape index (κ3) is 1.67. The monoisotopic (exact) mass is 230 g/mol. The largest absolute Gasteiger partial charge is 0.389 e. The molecule has 0 unspecified atom stereocenters. The van der Waals surface area contributed by atoms with Crippen molar-refractivity contribution in [3.63, 3.8) is 0 Å². The molecular weight excluding hydrogens is 216 g/mol. The first-order valence-electron chi connectivity index (χ1n) is 5.18. The van der Waals surface area contributed by atoms with Gasteiger partial charge in [0.15, 0.2) is 0 Å². The summed E-state index contributed by atoms with van der Waals surface area (Å²) in [5.74, 6) is 0. The average Bonchev–Trinajstić information content (AvgIpc) is 2.23. The number of aromatic nitrogens is 1. The number of benzene rings is 1. The standard InChI is InChI=1S/C13H14N2S/c1-7-4-5-10-11(13(14)16)6-8(2)15-12(10)9(7)3/h4-6H,1-3H3,(H2,14,16). The Morgan fingerprint density at radius 2 is 1.94 bits per heavy atom. The number of nitrogens with zero attached hydrogens (tertiary/aromatic N) is 1. The summed E-state index contributed by atoms with van der Waals surface area (Å²) in [6, 6.07) is 6.06. The van der Waals surface area contributed by atoms with E-state index in [1.165, 1.54) is 11.1 Å². The average molecular weight is 230 g/mol. The molecule has 0 bridgehead atoms. The van der Waals surface area contributed by atoms with E-state index >= 15 is 0 Å². The van der Waals surface area contributed by atoms with Crippen molar-refractivity contribution in [3.05, 3.63) is 40.6 Å². The first-order chi connectivity index (χ1) is 7.50. The van der Waals surface area contributed by atoms with Crippen LogP contribution in [0.15, 0.2) is 18.2 Å². The van der Waals surface area contributed by atoms with Crippen LogP contribution in [-0.2, 0) is 0 Å². The van der Waals surface area contributed by atoms with E-state index in [9.17, 15) is 0 Å². The van der Waals surface area contributed by atoms with Crippen molar-refractivity contribution >= 4 is 28.1 Å². The predicted molar refractivity (Wildman–Crippen MR) is 71.8 cm³/mol. The van der Waals surface area contributed by atoms with Crippen LogP contribution in [0.25, 0.3) is 10.9 Å².